The van der Waals surface area contributed by atoms with Gasteiger partial charge >= 0.3 is 0 Å². The number of halogens is 1. The third kappa shape index (κ3) is 3.91. The summed E-state index contributed by atoms with van der Waals surface area (Å²) in [6.45, 7) is 0.0973. The Morgan fingerprint density at radius 3 is 2.63 bits per heavy atom. The van der Waals surface area contributed by atoms with Gasteiger partial charge in [0, 0.05) is 12.1 Å². The van der Waals surface area contributed by atoms with Crippen molar-refractivity contribution in [1.29, 1.82) is 5.26 Å². The molecule has 0 bridgehead atoms. The van der Waals surface area contributed by atoms with E-state index >= 15 is 0 Å². The van der Waals surface area contributed by atoms with Gasteiger partial charge in [0.25, 0.3) is 5.91 Å². The number of benzene rings is 2. The Hall–Kier alpha value is -3.37. The summed E-state index contributed by atoms with van der Waals surface area (Å²) >= 11 is 6.20. The molecule has 8 heteroatoms. The molecular weight excluding hydrogens is 372 g/mol. The van der Waals surface area contributed by atoms with Crippen molar-refractivity contribution in [2.45, 2.75) is 0 Å². The summed E-state index contributed by atoms with van der Waals surface area (Å²) in [5, 5.41) is 12.4. The van der Waals surface area contributed by atoms with Crippen LogP contribution >= 0.6 is 11.6 Å². The van der Waals surface area contributed by atoms with E-state index < -0.39 is 5.91 Å². The summed E-state index contributed by atoms with van der Waals surface area (Å²) in [6.07, 6.45) is 1.38. The molecule has 0 atom stereocenters. The predicted octanol–water partition coefficient (Wildman–Crippen LogP) is 3.63. The number of ether oxygens (including phenoxy) is 4. The second-order valence-electron chi connectivity index (χ2n) is 5.42. The first-order valence-electron chi connectivity index (χ1n) is 7.80. The smallest absolute Gasteiger partial charge is 0.266 e. The Morgan fingerprint density at radius 1 is 1.22 bits per heavy atom. The summed E-state index contributed by atoms with van der Waals surface area (Å²) in [6, 6.07) is 10.0. The van der Waals surface area contributed by atoms with Gasteiger partial charge in [0.1, 0.15) is 23.1 Å². The van der Waals surface area contributed by atoms with Crippen LogP contribution < -0.4 is 24.3 Å². The van der Waals surface area contributed by atoms with Crippen molar-refractivity contribution in [3.8, 4) is 29.1 Å². The minimum Gasteiger partial charge on any atom is -0.497 e. The summed E-state index contributed by atoms with van der Waals surface area (Å²) < 4.78 is 20.9. The number of anilines is 1. The SMILES string of the molecule is COc1ccc(OC)c(NC(=O)/C(C#N)=C/c2cc3c(cc2Cl)OCO3)c1. The molecule has 1 amide bonds. The van der Waals surface area contributed by atoms with E-state index in [-0.39, 0.29) is 12.4 Å². The zero-order valence-electron chi connectivity index (χ0n) is 14.5. The van der Waals surface area contributed by atoms with Crippen LogP contribution in [0.25, 0.3) is 6.08 Å². The predicted molar refractivity (Wildman–Crippen MR) is 99.3 cm³/mol. The number of rotatable bonds is 5. The third-order valence-corrected chi connectivity index (χ3v) is 4.14. The van der Waals surface area contributed by atoms with E-state index in [1.54, 1.807) is 30.3 Å². The van der Waals surface area contributed by atoms with Crippen molar-refractivity contribution >= 4 is 29.3 Å². The van der Waals surface area contributed by atoms with Crippen molar-refractivity contribution in [3.63, 3.8) is 0 Å². The molecule has 0 fully saturated rings. The van der Waals surface area contributed by atoms with Gasteiger partial charge in [-0.2, -0.15) is 5.26 Å². The second-order valence-corrected chi connectivity index (χ2v) is 5.82. The highest BCUT2D eigenvalue weighted by Crippen LogP contribution is 2.37. The Morgan fingerprint density at radius 2 is 1.96 bits per heavy atom. The number of carbonyl (C=O) groups is 1. The number of nitrogens with zero attached hydrogens (tertiary/aromatic N) is 1. The van der Waals surface area contributed by atoms with Crippen molar-refractivity contribution < 1.29 is 23.7 Å². The number of nitrogens with one attached hydrogen (secondary N) is 1. The molecule has 0 saturated heterocycles. The van der Waals surface area contributed by atoms with Gasteiger partial charge in [-0.05, 0) is 29.8 Å². The number of nitriles is 1. The van der Waals surface area contributed by atoms with E-state index in [2.05, 4.69) is 5.32 Å². The fourth-order valence-corrected chi connectivity index (χ4v) is 2.66. The molecule has 0 aliphatic carbocycles. The van der Waals surface area contributed by atoms with Crippen LogP contribution in [0.2, 0.25) is 5.02 Å². The highest BCUT2D eigenvalue weighted by atomic mass is 35.5. The van der Waals surface area contributed by atoms with Crippen molar-refractivity contribution in [2.75, 3.05) is 26.3 Å². The first kappa shape index (κ1) is 18.4. The van der Waals surface area contributed by atoms with Gasteiger partial charge in [-0.3, -0.25) is 4.79 Å². The van der Waals surface area contributed by atoms with Crippen LogP contribution in [-0.4, -0.2) is 26.9 Å². The molecule has 1 heterocycles. The number of amides is 1. The maximum atomic E-state index is 12.6. The maximum Gasteiger partial charge on any atom is 0.266 e. The number of fused-ring (bicyclic) bond motifs is 1. The summed E-state index contributed by atoms with van der Waals surface area (Å²) in [5.74, 6) is 1.37. The quantitative estimate of drug-likeness (QED) is 0.623. The van der Waals surface area contributed by atoms with Crippen molar-refractivity contribution in [3.05, 3.63) is 46.5 Å². The highest BCUT2D eigenvalue weighted by molar-refractivity contribution is 6.32. The Bertz CT molecular complexity index is 965. The topological polar surface area (TPSA) is 89.8 Å². The monoisotopic (exact) mass is 386 g/mol. The van der Waals surface area contributed by atoms with Gasteiger partial charge < -0.3 is 24.3 Å². The summed E-state index contributed by atoms with van der Waals surface area (Å²) in [5.41, 5.74) is 0.700. The molecule has 27 heavy (non-hydrogen) atoms. The molecule has 1 aliphatic heterocycles. The number of carbonyl (C=O) groups excluding carboxylic acids is 1. The zero-order chi connectivity index (χ0) is 19.4. The average Bonchev–Trinajstić information content (AvgIpc) is 3.12. The van der Waals surface area contributed by atoms with Gasteiger partial charge in [0.15, 0.2) is 11.5 Å². The minimum absolute atomic E-state index is 0.0973. The molecule has 0 aromatic heterocycles. The van der Waals surface area contributed by atoms with E-state index in [1.165, 1.54) is 20.3 Å². The van der Waals surface area contributed by atoms with Crippen molar-refractivity contribution in [1.82, 2.24) is 0 Å². The molecule has 3 rings (SSSR count). The Labute approximate surface area is 160 Å². The van der Waals surface area contributed by atoms with Crippen LogP contribution in [0, 0.1) is 11.3 Å². The lowest BCUT2D eigenvalue weighted by atomic mass is 10.1. The average molecular weight is 387 g/mol. The van der Waals surface area contributed by atoms with E-state index in [9.17, 15) is 10.1 Å². The summed E-state index contributed by atoms with van der Waals surface area (Å²) in [4.78, 5) is 12.6. The largest absolute Gasteiger partial charge is 0.497 e. The van der Waals surface area contributed by atoms with Crippen LogP contribution in [0.3, 0.4) is 0 Å². The molecule has 1 N–H and O–H groups in total. The van der Waals surface area contributed by atoms with Crippen LogP contribution in [-0.2, 0) is 4.79 Å². The molecule has 2 aromatic rings. The van der Waals surface area contributed by atoms with Gasteiger partial charge in [-0.1, -0.05) is 11.6 Å². The van der Waals surface area contributed by atoms with Gasteiger partial charge in [0.05, 0.1) is 24.9 Å². The molecule has 1 aliphatic rings. The second kappa shape index (κ2) is 7.89. The van der Waals surface area contributed by atoms with Gasteiger partial charge in [0.2, 0.25) is 6.79 Å². The standard InChI is InChI=1S/C19H15ClN2O5/c1-24-13-3-4-16(25-2)15(7-13)22-19(23)12(9-21)5-11-6-17-18(8-14(11)20)27-10-26-17/h3-8H,10H2,1-2H3,(H,22,23)/b12-5+. The fraction of sp³-hybridized carbons (Fsp3) is 0.158. The van der Waals surface area contributed by atoms with Gasteiger partial charge in [-0.25, -0.2) is 0 Å². The highest BCUT2D eigenvalue weighted by Gasteiger charge is 2.18. The van der Waals surface area contributed by atoms with Crippen LogP contribution in [0.5, 0.6) is 23.0 Å². The van der Waals surface area contributed by atoms with Crippen LogP contribution in [0.1, 0.15) is 5.56 Å². The number of methoxy groups -OCH3 is 2. The lowest BCUT2D eigenvalue weighted by molar-refractivity contribution is -0.112. The number of hydrogen-bond acceptors (Lipinski definition) is 6. The lowest BCUT2D eigenvalue weighted by Gasteiger charge is -2.11. The molecule has 7 nitrogen and oxygen atoms in total. The fourth-order valence-electron chi connectivity index (χ4n) is 2.45. The normalized spacial score (nSPS) is 12.3. The molecular formula is C19H15ClN2O5. The third-order valence-electron chi connectivity index (χ3n) is 3.81. The maximum absolute atomic E-state index is 12.6. The van der Waals surface area contributed by atoms with Crippen molar-refractivity contribution in [2.24, 2.45) is 0 Å². The Balaban J connectivity index is 1.89. The van der Waals surface area contributed by atoms with Crippen LogP contribution in [0.15, 0.2) is 35.9 Å². The van der Waals surface area contributed by atoms with E-state index in [0.717, 1.165) is 0 Å². The zero-order valence-corrected chi connectivity index (χ0v) is 15.3. The molecule has 138 valence electrons. The van der Waals surface area contributed by atoms with E-state index in [4.69, 9.17) is 30.5 Å². The van der Waals surface area contributed by atoms with Crippen LogP contribution in [0.4, 0.5) is 5.69 Å². The molecule has 0 unspecified atom stereocenters. The molecule has 0 saturated carbocycles. The molecule has 2 aromatic carbocycles. The van der Waals surface area contributed by atoms with E-state index in [1.807, 2.05) is 6.07 Å². The first-order valence-corrected chi connectivity index (χ1v) is 8.18. The summed E-state index contributed by atoms with van der Waals surface area (Å²) in [7, 11) is 2.99. The molecule has 0 radical (unpaired) electrons. The van der Waals surface area contributed by atoms with Gasteiger partial charge in [-0.15, -0.1) is 0 Å². The minimum atomic E-state index is -0.613. The van der Waals surface area contributed by atoms with E-state index in [0.29, 0.717) is 39.3 Å². The molecule has 0 spiro atoms. The Kier molecular flexibility index (Phi) is 5.38. The lowest BCUT2D eigenvalue weighted by Crippen LogP contribution is -2.14. The first-order chi connectivity index (χ1) is 13.0. The number of hydrogen-bond donors (Lipinski definition) is 1.